The van der Waals surface area contributed by atoms with E-state index in [0.29, 0.717) is 41.8 Å². The minimum absolute atomic E-state index is 0.0842. The Kier molecular flexibility index (Phi) is 10.2. The molecule has 47 heavy (non-hydrogen) atoms. The highest BCUT2D eigenvalue weighted by Gasteiger charge is 2.41. The molecule has 0 atom stereocenters. The quantitative estimate of drug-likeness (QED) is 0.0929. The van der Waals surface area contributed by atoms with E-state index in [4.69, 9.17) is 0 Å². The molecular formula is C36H30F10O. The third-order valence-corrected chi connectivity index (χ3v) is 8.70. The lowest BCUT2D eigenvalue weighted by Gasteiger charge is -2.29. The minimum Gasteiger partial charge on any atom is -0.429 e. The van der Waals surface area contributed by atoms with Crippen molar-refractivity contribution in [3.63, 3.8) is 0 Å². The molecule has 0 aromatic heterocycles. The molecule has 11 heteroatoms. The maximum Gasteiger partial charge on any atom is 0.432 e. The maximum atomic E-state index is 15.2. The second kappa shape index (κ2) is 14.0. The number of ether oxygens (including phenoxy) is 1. The molecule has 1 aliphatic rings. The Morgan fingerprint density at radius 3 is 1.77 bits per heavy atom. The molecule has 0 spiro atoms. The average molecular weight is 669 g/mol. The molecule has 0 N–H and O–H groups in total. The van der Waals surface area contributed by atoms with Crippen molar-refractivity contribution >= 4 is 0 Å². The lowest BCUT2D eigenvalue weighted by Crippen LogP contribution is -2.25. The van der Waals surface area contributed by atoms with E-state index >= 15 is 26.3 Å². The molecule has 0 amide bonds. The number of halogens is 10. The molecule has 0 unspecified atom stereocenters. The van der Waals surface area contributed by atoms with Crippen molar-refractivity contribution in [2.45, 2.75) is 70.3 Å². The normalized spacial score (nSPS) is 16.8. The molecule has 0 radical (unpaired) electrons. The fourth-order valence-corrected chi connectivity index (χ4v) is 6.27. The van der Waals surface area contributed by atoms with Crippen molar-refractivity contribution in [1.29, 1.82) is 0 Å². The summed E-state index contributed by atoms with van der Waals surface area (Å²) in [5.41, 5.74) is -3.90. The number of unbranched alkanes of at least 4 members (excludes halogenated alkanes) is 2. The Hall–Kier alpha value is -4.02. The van der Waals surface area contributed by atoms with Gasteiger partial charge in [-0.1, -0.05) is 32.6 Å². The summed E-state index contributed by atoms with van der Waals surface area (Å²) in [4.78, 5) is 0. The molecule has 4 aromatic rings. The van der Waals surface area contributed by atoms with Crippen LogP contribution in [-0.4, -0.2) is 0 Å². The van der Waals surface area contributed by atoms with Crippen molar-refractivity contribution in [3.05, 3.63) is 112 Å². The fourth-order valence-electron chi connectivity index (χ4n) is 6.27. The van der Waals surface area contributed by atoms with E-state index in [0.717, 1.165) is 75.6 Å². The van der Waals surface area contributed by atoms with Crippen LogP contribution in [0.25, 0.3) is 22.3 Å². The number of rotatable bonds is 10. The van der Waals surface area contributed by atoms with Gasteiger partial charge in [0, 0.05) is 11.6 Å². The van der Waals surface area contributed by atoms with E-state index in [1.54, 1.807) is 0 Å². The van der Waals surface area contributed by atoms with Crippen LogP contribution in [0.1, 0.15) is 75.3 Å². The van der Waals surface area contributed by atoms with Gasteiger partial charge in [-0.25, -0.2) is 35.1 Å². The minimum atomic E-state index is -4.74. The van der Waals surface area contributed by atoms with Crippen molar-refractivity contribution in [2.24, 2.45) is 5.92 Å². The predicted molar refractivity (Wildman–Crippen MR) is 157 cm³/mol. The zero-order valence-corrected chi connectivity index (χ0v) is 25.2. The summed E-state index contributed by atoms with van der Waals surface area (Å²) in [7, 11) is 0. The van der Waals surface area contributed by atoms with Gasteiger partial charge in [0.15, 0.2) is 17.5 Å². The summed E-state index contributed by atoms with van der Waals surface area (Å²) >= 11 is 0. The maximum absolute atomic E-state index is 15.2. The van der Waals surface area contributed by atoms with Gasteiger partial charge >= 0.3 is 6.11 Å². The van der Waals surface area contributed by atoms with E-state index in [9.17, 15) is 17.6 Å². The molecule has 0 bridgehead atoms. The first kappa shape index (κ1) is 34.3. The van der Waals surface area contributed by atoms with E-state index in [1.165, 1.54) is 0 Å². The standard InChI is InChI=1S/C36H30F10O/c1-2-3-4-5-19-6-8-20(9-7-19)21-12-27(38)33(28(39)13-21)23-16-29(40)34(30(41)17-23)36(45,46)47-24-10-11-25(26(37)18-24)22-14-31(42)35(44)32(43)15-22/h10-20H,2-9H2,1H3. The van der Waals surface area contributed by atoms with Gasteiger partial charge in [-0.2, -0.15) is 8.78 Å². The highest BCUT2D eigenvalue weighted by Crippen LogP contribution is 2.42. The van der Waals surface area contributed by atoms with Crippen LogP contribution < -0.4 is 4.74 Å². The Balaban J connectivity index is 1.34. The van der Waals surface area contributed by atoms with E-state index < -0.39 is 86.2 Å². The summed E-state index contributed by atoms with van der Waals surface area (Å²) in [6.07, 6.45) is 3.15. The van der Waals surface area contributed by atoms with Gasteiger partial charge in [0.05, 0.1) is 5.56 Å². The van der Waals surface area contributed by atoms with Gasteiger partial charge < -0.3 is 4.74 Å². The second-order valence-corrected chi connectivity index (χ2v) is 11.9. The Labute approximate surface area is 265 Å². The second-order valence-electron chi connectivity index (χ2n) is 11.9. The summed E-state index contributed by atoms with van der Waals surface area (Å²) in [6.45, 7) is 2.13. The van der Waals surface area contributed by atoms with Crippen LogP contribution in [0, 0.1) is 52.5 Å². The zero-order valence-electron chi connectivity index (χ0n) is 25.2. The van der Waals surface area contributed by atoms with Gasteiger partial charge in [0.25, 0.3) is 0 Å². The van der Waals surface area contributed by atoms with E-state index in [1.807, 2.05) is 0 Å². The molecule has 1 aliphatic carbocycles. The molecule has 0 heterocycles. The molecule has 1 fully saturated rings. The molecule has 1 saturated carbocycles. The van der Waals surface area contributed by atoms with Crippen LogP contribution in [0.5, 0.6) is 5.75 Å². The van der Waals surface area contributed by atoms with Gasteiger partial charge in [0.1, 0.15) is 40.4 Å². The van der Waals surface area contributed by atoms with Gasteiger partial charge in [-0.05, 0) is 103 Å². The number of benzene rings is 4. The summed E-state index contributed by atoms with van der Waals surface area (Å²) in [5.74, 6) is -12.8. The average Bonchev–Trinajstić information content (AvgIpc) is 2.99. The summed E-state index contributed by atoms with van der Waals surface area (Å²) in [6, 6.07) is 5.77. The van der Waals surface area contributed by atoms with Crippen molar-refractivity contribution < 1.29 is 48.6 Å². The molecule has 4 aromatic carbocycles. The topological polar surface area (TPSA) is 9.23 Å². The van der Waals surface area contributed by atoms with Gasteiger partial charge in [-0.3, -0.25) is 0 Å². The Morgan fingerprint density at radius 1 is 0.638 bits per heavy atom. The Bertz CT molecular complexity index is 1690. The van der Waals surface area contributed by atoms with Gasteiger partial charge in [0.2, 0.25) is 0 Å². The summed E-state index contributed by atoms with van der Waals surface area (Å²) < 4.78 is 150. The van der Waals surface area contributed by atoms with E-state index in [2.05, 4.69) is 11.7 Å². The predicted octanol–water partition coefficient (Wildman–Crippen LogP) is 12.1. The molecule has 0 aliphatic heterocycles. The molecule has 250 valence electrons. The van der Waals surface area contributed by atoms with Crippen LogP contribution in [0.2, 0.25) is 0 Å². The molecule has 0 saturated heterocycles. The van der Waals surface area contributed by atoms with E-state index in [-0.39, 0.29) is 5.92 Å². The largest absolute Gasteiger partial charge is 0.432 e. The SMILES string of the molecule is CCCCCC1CCC(c2cc(F)c(-c3cc(F)c(C(F)(F)Oc4ccc(-c5cc(F)c(F)c(F)c5)c(F)c4)c(F)c3)c(F)c2)CC1. The third-order valence-electron chi connectivity index (χ3n) is 8.70. The first-order valence-corrected chi connectivity index (χ1v) is 15.3. The Morgan fingerprint density at radius 2 is 1.21 bits per heavy atom. The monoisotopic (exact) mass is 668 g/mol. The van der Waals surface area contributed by atoms with Crippen LogP contribution >= 0.6 is 0 Å². The van der Waals surface area contributed by atoms with Crippen LogP contribution in [0.15, 0.2) is 54.6 Å². The van der Waals surface area contributed by atoms with Gasteiger partial charge in [-0.15, -0.1) is 0 Å². The lowest BCUT2D eigenvalue weighted by atomic mass is 9.76. The van der Waals surface area contributed by atoms with Crippen LogP contribution in [0.4, 0.5) is 43.9 Å². The smallest absolute Gasteiger partial charge is 0.429 e. The third kappa shape index (κ3) is 7.44. The van der Waals surface area contributed by atoms with Crippen molar-refractivity contribution in [1.82, 2.24) is 0 Å². The van der Waals surface area contributed by atoms with Crippen molar-refractivity contribution in [3.8, 4) is 28.0 Å². The lowest BCUT2D eigenvalue weighted by molar-refractivity contribution is -0.189. The zero-order chi connectivity index (χ0) is 34.0. The number of alkyl halides is 2. The molecular weight excluding hydrogens is 638 g/mol. The number of hydrogen-bond acceptors (Lipinski definition) is 1. The van der Waals surface area contributed by atoms with Crippen LogP contribution in [0.3, 0.4) is 0 Å². The van der Waals surface area contributed by atoms with Crippen molar-refractivity contribution in [2.75, 3.05) is 0 Å². The summed E-state index contributed by atoms with van der Waals surface area (Å²) in [5, 5.41) is 0. The molecule has 5 rings (SSSR count). The molecule has 1 nitrogen and oxygen atoms in total. The first-order valence-electron chi connectivity index (χ1n) is 15.3. The highest BCUT2D eigenvalue weighted by molar-refractivity contribution is 5.67. The number of hydrogen-bond donors (Lipinski definition) is 0. The fraction of sp³-hybridized carbons (Fsp3) is 0.333. The van der Waals surface area contributed by atoms with Crippen LogP contribution in [-0.2, 0) is 6.11 Å². The first-order chi connectivity index (χ1) is 22.3. The highest BCUT2D eigenvalue weighted by atomic mass is 19.3.